The molecule has 0 aliphatic heterocycles. The minimum absolute atomic E-state index is 0.104. The molecule has 1 fully saturated rings. The molecule has 1 heterocycles. The molecule has 8 aromatic carbocycles. The Morgan fingerprint density at radius 3 is 1.84 bits per heavy atom. The van der Waals surface area contributed by atoms with Crippen LogP contribution in [-0.2, 0) is 5.41 Å². The van der Waals surface area contributed by atoms with E-state index in [0.29, 0.717) is 5.92 Å². The summed E-state index contributed by atoms with van der Waals surface area (Å²) in [5, 5.41) is 4.93. The second kappa shape index (κ2) is 13.4. The largest absolute Gasteiger partial charge is 0.454 e. The number of hydrogen-bond donors (Lipinski definition) is 0. The SMILES string of the molecule is CC1(C)c2ccccc2-c2c(-c3ccccc3N(c3ccccc3-c3cccc4cccc(C5CCCCC5)c34)c3cccc4c3oc3ccccc34)cccc21. The van der Waals surface area contributed by atoms with Crippen molar-refractivity contribution in [3.05, 3.63) is 187 Å². The van der Waals surface area contributed by atoms with Crippen LogP contribution in [0.4, 0.5) is 17.1 Å². The van der Waals surface area contributed by atoms with E-state index in [2.05, 4.69) is 189 Å². The lowest BCUT2D eigenvalue weighted by molar-refractivity contribution is 0.445. The molecular formula is C55H45NO. The maximum absolute atomic E-state index is 6.87. The van der Waals surface area contributed by atoms with Crippen LogP contribution in [-0.4, -0.2) is 0 Å². The van der Waals surface area contributed by atoms with E-state index in [1.54, 1.807) is 0 Å². The first-order valence-electron chi connectivity index (χ1n) is 20.7. The smallest absolute Gasteiger partial charge is 0.159 e. The number of anilines is 3. The van der Waals surface area contributed by atoms with E-state index in [4.69, 9.17) is 4.42 Å². The average Bonchev–Trinajstić information content (AvgIpc) is 3.77. The standard InChI is InChI=1S/C55H45NO/c1-55(2)46-30-10-6-25-45(46)53-43(28-16-31-47(53)55)40-23-8-12-33-49(40)56(50-34-17-29-44-41-24-9-13-35-51(41)57-54(44)50)48-32-11-7-22-39(48)42-27-15-21-37-20-14-26-38(52(37)42)36-18-4-3-5-19-36/h6-17,20-36H,3-5,18-19H2,1-2H3. The van der Waals surface area contributed by atoms with Crippen molar-refractivity contribution in [1.29, 1.82) is 0 Å². The Morgan fingerprint density at radius 2 is 1.04 bits per heavy atom. The fourth-order valence-corrected chi connectivity index (χ4v) is 10.4. The van der Waals surface area contributed by atoms with Gasteiger partial charge in [0.25, 0.3) is 0 Å². The molecule has 2 aliphatic carbocycles. The lowest BCUT2D eigenvalue weighted by Gasteiger charge is -2.31. The number of fused-ring (bicyclic) bond motifs is 7. The van der Waals surface area contributed by atoms with Crippen molar-refractivity contribution < 1.29 is 4.42 Å². The maximum atomic E-state index is 6.87. The van der Waals surface area contributed by atoms with Crippen LogP contribution in [0.1, 0.15) is 68.6 Å². The highest BCUT2D eigenvalue weighted by molar-refractivity contribution is 6.12. The van der Waals surface area contributed by atoms with Crippen LogP contribution in [0.15, 0.2) is 174 Å². The minimum Gasteiger partial charge on any atom is -0.454 e. The van der Waals surface area contributed by atoms with Gasteiger partial charge in [0.05, 0.1) is 17.1 Å². The third kappa shape index (κ3) is 5.31. The first kappa shape index (κ1) is 33.9. The summed E-state index contributed by atoms with van der Waals surface area (Å²) in [6.07, 6.45) is 6.45. The quantitative estimate of drug-likeness (QED) is 0.169. The van der Waals surface area contributed by atoms with Crippen LogP contribution >= 0.6 is 0 Å². The van der Waals surface area contributed by atoms with Gasteiger partial charge in [0, 0.05) is 27.3 Å². The van der Waals surface area contributed by atoms with Crippen LogP contribution in [0, 0.1) is 0 Å². The Hall–Kier alpha value is -6.38. The molecule has 0 spiro atoms. The van der Waals surface area contributed by atoms with E-state index in [1.807, 2.05) is 0 Å². The summed E-state index contributed by atoms with van der Waals surface area (Å²) in [7, 11) is 0. The van der Waals surface area contributed by atoms with Crippen LogP contribution in [0.3, 0.4) is 0 Å². The molecular weight excluding hydrogens is 691 g/mol. The molecule has 0 unspecified atom stereocenters. The van der Waals surface area contributed by atoms with E-state index in [1.165, 1.54) is 92.9 Å². The van der Waals surface area contributed by atoms with Gasteiger partial charge in [-0.25, -0.2) is 0 Å². The summed E-state index contributed by atoms with van der Waals surface area (Å²) in [6.45, 7) is 4.73. The second-order valence-corrected chi connectivity index (χ2v) is 16.6. The summed E-state index contributed by atoms with van der Waals surface area (Å²) < 4.78 is 6.87. The number of hydrogen-bond acceptors (Lipinski definition) is 2. The predicted octanol–water partition coefficient (Wildman–Crippen LogP) is 15.9. The summed E-state index contributed by atoms with van der Waals surface area (Å²) in [4.78, 5) is 2.49. The number of benzene rings is 8. The summed E-state index contributed by atoms with van der Waals surface area (Å²) in [5.74, 6) is 0.573. The van der Waals surface area contributed by atoms with Crippen LogP contribution < -0.4 is 4.90 Å². The van der Waals surface area contributed by atoms with Gasteiger partial charge in [0.1, 0.15) is 5.58 Å². The molecule has 0 atom stereocenters. The van der Waals surface area contributed by atoms with Crippen molar-refractivity contribution in [2.24, 2.45) is 0 Å². The third-order valence-electron chi connectivity index (χ3n) is 13.1. The number of nitrogens with zero attached hydrogens (tertiary/aromatic N) is 1. The van der Waals surface area contributed by atoms with Gasteiger partial charge in [0.2, 0.25) is 0 Å². The van der Waals surface area contributed by atoms with E-state index in [-0.39, 0.29) is 5.41 Å². The maximum Gasteiger partial charge on any atom is 0.159 e. The monoisotopic (exact) mass is 735 g/mol. The van der Waals surface area contributed by atoms with Gasteiger partial charge in [-0.1, -0.05) is 179 Å². The fourth-order valence-electron chi connectivity index (χ4n) is 10.4. The van der Waals surface area contributed by atoms with Gasteiger partial charge in [0.15, 0.2) is 5.58 Å². The summed E-state index contributed by atoms with van der Waals surface area (Å²) in [5.41, 5.74) is 16.7. The van der Waals surface area contributed by atoms with Crippen molar-refractivity contribution >= 4 is 49.8 Å². The molecule has 1 aromatic heterocycles. The predicted molar refractivity (Wildman–Crippen MR) is 240 cm³/mol. The van der Waals surface area contributed by atoms with Crippen LogP contribution in [0.25, 0.3) is 66.1 Å². The zero-order chi connectivity index (χ0) is 38.1. The summed E-state index contributed by atoms with van der Waals surface area (Å²) in [6, 6.07) is 62.8. The van der Waals surface area contributed by atoms with Crippen molar-refractivity contribution in [2.75, 3.05) is 4.90 Å². The molecule has 0 N–H and O–H groups in total. The molecule has 2 nitrogen and oxygen atoms in total. The van der Waals surface area contributed by atoms with Crippen molar-refractivity contribution in [3.8, 4) is 33.4 Å². The molecule has 276 valence electrons. The Labute approximate surface area is 335 Å². The van der Waals surface area contributed by atoms with Crippen molar-refractivity contribution in [2.45, 2.75) is 57.3 Å². The number of rotatable bonds is 6. The fraction of sp³-hybridized carbons (Fsp3) is 0.164. The lowest BCUT2D eigenvalue weighted by Crippen LogP contribution is -2.15. The van der Waals surface area contributed by atoms with Gasteiger partial charge in [-0.05, 0) is 92.7 Å². The first-order valence-corrected chi connectivity index (χ1v) is 20.7. The molecule has 11 rings (SSSR count). The van der Waals surface area contributed by atoms with E-state index < -0.39 is 0 Å². The molecule has 0 radical (unpaired) electrons. The van der Waals surface area contributed by atoms with Gasteiger partial charge in [-0.2, -0.15) is 0 Å². The van der Waals surface area contributed by atoms with Crippen molar-refractivity contribution in [1.82, 2.24) is 0 Å². The third-order valence-corrected chi connectivity index (χ3v) is 13.1. The highest BCUT2D eigenvalue weighted by Gasteiger charge is 2.37. The Balaban J connectivity index is 1.21. The molecule has 9 aromatic rings. The van der Waals surface area contributed by atoms with Crippen LogP contribution in [0.2, 0.25) is 0 Å². The molecule has 0 amide bonds. The van der Waals surface area contributed by atoms with Gasteiger partial charge >= 0.3 is 0 Å². The first-order chi connectivity index (χ1) is 28.1. The molecule has 2 aliphatic rings. The lowest BCUT2D eigenvalue weighted by atomic mass is 9.80. The van der Waals surface area contributed by atoms with Gasteiger partial charge in [-0.3, -0.25) is 0 Å². The van der Waals surface area contributed by atoms with E-state index >= 15 is 0 Å². The highest BCUT2D eigenvalue weighted by Crippen LogP contribution is 2.55. The van der Waals surface area contributed by atoms with E-state index in [9.17, 15) is 0 Å². The van der Waals surface area contributed by atoms with Crippen molar-refractivity contribution in [3.63, 3.8) is 0 Å². The Bertz CT molecular complexity index is 2990. The van der Waals surface area contributed by atoms with E-state index in [0.717, 1.165) is 39.0 Å². The van der Waals surface area contributed by atoms with Gasteiger partial charge < -0.3 is 9.32 Å². The molecule has 0 bridgehead atoms. The zero-order valence-electron chi connectivity index (χ0n) is 32.6. The number of para-hydroxylation sites is 4. The zero-order valence-corrected chi connectivity index (χ0v) is 32.6. The number of furan rings is 1. The van der Waals surface area contributed by atoms with Crippen LogP contribution in [0.5, 0.6) is 0 Å². The second-order valence-electron chi connectivity index (χ2n) is 16.6. The Kier molecular flexibility index (Phi) is 7.96. The van der Waals surface area contributed by atoms with Gasteiger partial charge in [-0.15, -0.1) is 0 Å². The normalized spacial score (nSPS) is 14.9. The molecule has 0 saturated heterocycles. The minimum atomic E-state index is -0.104. The Morgan fingerprint density at radius 1 is 0.474 bits per heavy atom. The highest BCUT2D eigenvalue weighted by atomic mass is 16.3. The topological polar surface area (TPSA) is 16.4 Å². The molecule has 2 heteroatoms. The molecule has 1 saturated carbocycles. The molecule has 57 heavy (non-hydrogen) atoms. The summed E-state index contributed by atoms with van der Waals surface area (Å²) >= 11 is 0. The average molecular weight is 736 g/mol.